The van der Waals surface area contributed by atoms with Gasteiger partial charge in [-0.05, 0) is 74.9 Å². The van der Waals surface area contributed by atoms with Crippen LogP contribution in [-0.4, -0.2) is 93.2 Å². The minimum atomic E-state index is -0.804. The number of aryl methyl sites for hydroxylation is 1. The second-order valence-electron chi connectivity index (χ2n) is 18.1. The molecule has 0 bridgehead atoms. The molecular formula is C50H61N9O6S. The van der Waals surface area contributed by atoms with E-state index in [1.165, 1.54) is 28.7 Å². The molecule has 3 aromatic carbocycles. The Labute approximate surface area is 391 Å². The zero-order valence-electron chi connectivity index (χ0n) is 39.4. The maximum Gasteiger partial charge on any atom is 0.280 e. The Morgan fingerprint density at radius 2 is 1.62 bits per heavy atom. The number of amides is 4. The fraction of sp³-hybridized carbons (Fsp3) is 0.400. The summed E-state index contributed by atoms with van der Waals surface area (Å²) in [5.74, 6) is -0.350. The molecule has 66 heavy (non-hydrogen) atoms. The van der Waals surface area contributed by atoms with Crippen LogP contribution in [0.25, 0.3) is 10.4 Å². The van der Waals surface area contributed by atoms with Gasteiger partial charge < -0.3 is 40.6 Å². The lowest BCUT2D eigenvalue weighted by molar-refractivity contribution is -0.146. The van der Waals surface area contributed by atoms with E-state index in [2.05, 4.69) is 51.6 Å². The summed E-state index contributed by atoms with van der Waals surface area (Å²) < 4.78 is 0. The Kier molecular flexibility index (Phi) is 15.4. The number of Topliss-reactive ketones (excluding diaryl/α,β-unsaturated/α-hetero) is 1. The number of ketones is 1. The molecule has 1 unspecified atom stereocenters. The standard InChI is InChI=1S/C27H36N4O5S.C23H25N5O/c1-15(32)11-20(27(3,4)5)26(36)31-14-19(33)12-21(31)23(34)30-16(2)17-7-9-18(10-8-17)22-13-29-25(37-22)24(35)28-6;1-5-16(3)28-19-9-7-6-8-18(19)22(29)27(4)20-14-24-23(26-21(20)28)25-17-12-10-15(2)11-13-17/h7-10,13,16,19-21,33H,11-12,14H2,1-6H3,(H,28,35)(H,30,34);6-14,16H,5H2,1-4H3,(H,24,25,26)/t16-,19+,20+,21-;/m0./s1. The zero-order valence-corrected chi connectivity index (χ0v) is 40.2. The minimum absolute atomic E-state index is 0.0597. The van der Waals surface area contributed by atoms with E-state index >= 15 is 0 Å². The molecule has 2 aliphatic rings. The van der Waals surface area contributed by atoms with Crippen molar-refractivity contribution in [3.05, 3.63) is 107 Å². The first kappa shape index (κ1) is 48.9. The molecule has 0 aliphatic carbocycles. The molecule has 5 atom stereocenters. The maximum atomic E-state index is 13.4. The third-order valence-corrected chi connectivity index (χ3v) is 13.1. The van der Waals surface area contributed by atoms with Gasteiger partial charge in [0.15, 0.2) is 10.8 Å². The van der Waals surface area contributed by atoms with Crippen molar-refractivity contribution in [2.75, 3.05) is 35.8 Å². The molecule has 0 saturated carbocycles. The van der Waals surface area contributed by atoms with Crippen LogP contribution in [0, 0.1) is 18.3 Å². The van der Waals surface area contributed by atoms with Crippen LogP contribution >= 0.6 is 11.3 Å². The van der Waals surface area contributed by atoms with Crippen LogP contribution < -0.4 is 25.8 Å². The van der Waals surface area contributed by atoms with Crippen molar-refractivity contribution < 1.29 is 29.1 Å². The first-order valence-electron chi connectivity index (χ1n) is 22.2. The van der Waals surface area contributed by atoms with Gasteiger partial charge in [0.1, 0.15) is 17.5 Å². The summed E-state index contributed by atoms with van der Waals surface area (Å²) in [5.41, 5.74) is 5.66. The quantitative estimate of drug-likeness (QED) is 0.0949. The van der Waals surface area contributed by atoms with Gasteiger partial charge >= 0.3 is 0 Å². The highest BCUT2D eigenvalue weighted by Crippen LogP contribution is 2.41. The summed E-state index contributed by atoms with van der Waals surface area (Å²) >= 11 is 1.30. The number of hydrogen-bond donors (Lipinski definition) is 4. The highest BCUT2D eigenvalue weighted by molar-refractivity contribution is 7.17. The number of carbonyl (C=O) groups excluding carboxylic acids is 5. The molecule has 2 aliphatic heterocycles. The van der Waals surface area contributed by atoms with Crippen molar-refractivity contribution >= 4 is 69.6 Å². The second kappa shape index (κ2) is 20.8. The topological polar surface area (TPSA) is 190 Å². The summed E-state index contributed by atoms with van der Waals surface area (Å²) in [6.07, 6.45) is 3.74. The number of benzene rings is 3. The van der Waals surface area contributed by atoms with Crippen LogP contribution in [0.5, 0.6) is 0 Å². The number of para-hydroxylation sites is 1. The Bertz CT molecular complexity index is 2560. The van der Waals surface area contributed by atoms with Crippen LogP contribution in [0.4, 0.5) is 28.8 Å². The van der Waals surface area contributed by atoms with Crippen LogP contribution in [0.15, 0.2) is 85.2 Å². The average Bonchev–Trinajstić information content (AvgIpc) is 3.94. The molecule has 15 nitrogen and oxygen atoms in total. The lowest BCUT2D eigenvalue weighted by Crippen LogP contribution is -2.50. The van der Waals surface area contributed by atoms with E-state index in [0.29, 0.717) is 22.2 Å². The lowest BCUT2D eigenvalue weighted by atomic mass is 9.77. The van der Waals surface area contributed by atoms with Gasteiger partial charge in [-0.3, -0.25) is 19.2 Å². The monoisotopic (exact) mass is 915 g/mol. The molecule has 348 valence electrons. The van der Waals surface area contributed by atoms with E-state index in [1.807, 2.05) is 100 Å². The summed E-state index contributed by atoms with van der Waals surface area (Å²) in [6, 6.07) is 22.4. The molecule has 4 amide bonds. The van der Waals surface area contributed by atoms with Gasteiger partial charge in [0.25, 0.3) is 11.8 Å². The van der Waals surface area contributed by atoms with Gasteiger partial charge in [0, 0.05) is 57.3 Å². The number of β-amino-alcohol motifs (C(OH)–C–C–N with tert-alkyl or cyclic N) is 1. The third kappa shape index (κ3) is 11.1. The number of nitrogens with one attached hydrogen (secondary N) is 3. The van der Waals surface area contributed by atoms with E-state index in [9.17, 15) is 29.1 Å². The van der Waals surface area contributed by atoms with E-state index in [-0.39, 0.29) is 60.9 Å². The molecular weight excluding hydrogens is 855 g/mol. The van der Waals surface area contributed by atoms with Crippen molar-refractivity contribution in [2.45, 2.75) is 98.9 Å². The minimum Gasteiger partial charge on any atom is -0.391 e. The summed E-state index contributed by atoms with van der Waals surface area (Å²) in [6.45, 7) is 15.4. The van der Waals surface area contributed by atoms with Crippen molar-refractivity contribution in [2.24, 2.45) is 11.3 Å². The zero-order chi connectivity index (χ0) is 48.0. The molecule has 1 saturated heterocycles. The summed E-state index contributed by atoms with van der Waals surface area (Å²) in [4.78, 5) is 82.9. The van der Waals surface area contributed by atoms with Crippen LogP contribution in [-0.2, 0) is 14.4 Å². The fourth-order valence-electron chi connectivity index (χ4n) is 8.01. The number of carbonyl (C=O) groups is 5. The average molecular weight is 916 g/mol. The van der Waals surface area contributed by atoms with Gasteiger partial charge in [-0.15, -0.1) is 11.3 Å². The number of anilines is 5. The van der Waals surface area contributed by atoms with Gasteiger partial charge in [0.05, 0.1) is 34.5 Å². The van der Waals surface area contributed by atoms with Crippen molar-refractivity contribution in [3.8, 4) is 10.4 Å². The molecule has 1 fully saturated rings. The van der Waals surface area contributed by atoms with Gasteiger partial charge in [-0.2, -0.15) is 4.98 Å². The SMILES string of the molecule is CCC(C)N1c2ccccc2C(=O)N(C)c2cnc(Nc3ccc(C)cc3)nc21.CNC(=O)c1ncc(-c2ccc([C@H](C)NC(=O)[C@@H]3C[C@@H](O)CN3C(=O)[C@@H](CC(C)=O)C(C)(C)C)cc2)s1. The molecule has 4 N–H and O–H groups in total. The number of nitrogens with zero attached hydrogens (tertiary/aromatic N) is 6. The first-order chi connectivity index (χ1) is 31.3. The first-order valence-corrected chi connectivity index (χ1v) is 23.1. The molecule has 0 spiro atoms. The Morgan fingerprint density at radius 1 is 0.939 bits per heavy atom. The normalized spacial score (nSPS) is 17.0. The summed E-state index contributed by atoms with van der Waals surface area (Å²) in [7, 11) is 3.33. The number of thiazole rings is 1. The van der Waals surface area contributed by atoms with Crippen molar-refractivity contribution in [3.63, 3.8) is 0 Å². The third-order valence-electron chi connectivity index (χ3n) is 12.1. The van der Waals surface area contributed by atoms with Crippen molar-refractivity contribution in [1.82, 2.24) is 30.5 Å². The van der Waals surface area contributed by atoms with Gasteiger partial charge in [-0.1, -0.05) is 81.8 Å². The molecule has 4 heterocycles. The Morgan fingerprint density at radius 3 is 2.26 bits per heavy atom. The molecule has 0 radical (unpaired) electrons. The molecule has 5 aromatic rings. The molecule has 2 aromatic heterocycles. The highest BCUT2D eigenvalue weighted by atomic mass is 32.1. The van der Waals surface area contributed by atoms with Crippen molar-refractivity contribution in [1.29, 1.82) is 0 Å². The number of aromatic nitrogens is 3. The number of fused-ring (bicyclic) bond motifs is 2. The van der Waals surface area contributed by atoms with Gasteiger partial charge in [-0.25, -0.2) is 9.97 Å². The van der Waals surface area contributed by atoms with Crippen LogP contribution in [0.1, 0.15) is 105 Å². The largest absolute Gasteiger partial charge is 0.391 e. The lowest BCUT2D eigenvalue weighted by Gasteiger charge is -2.34. The fourth-order valence-corrected chi connectivity index (χ4v) is 8.88. The van der Waals surface area contributed by atoms with E-state index < -0.39 is 23.5 Å². The number of aliphatic hydroxyl groups excluding tert-OH is 1. The van der Waals surface area contributed by atoms with E-state index in [4.69, 9.17) is 4.98 Å². The van der Waals surface area contributed by atoms with Gasteiger partial charge in [0.2, 0.25) is 17.8 Å². The van der Waals surface area contributed by atoms with Crippen LogP contribution in [0.3, 0.4) is 0 Å². The Balaban J connectivity index is 0.000000224. The summed E-state index contributed by atoms with van der Waals surface area (Å²) in [5, 5.41) is 19.5. The highest BCUT2D eigenvalue weighted by Gasteiger charge is 2.44. The molecule has 16 heteroatoms. The predicted molar refractivity (Wildman–Crippen MR) is 259 cm³/mol. The Hall–Kier alpha value is -6.52. The van der Waals surface area contributed by atoms with E-state index in [0.717, 1.165) is 39.6 Å². The maximum absolute atomic E-state index is 13.4. The number of likely N-dealkylation sites (tertiary alicyclic amines) is 1. The number of hydrogen-bond acceptors (Lipinski definition) is 12. The molecule has 7 rings (SSSR count). The van der Waals surface area contributed by atoms with E-state index in [1.54, 1.807) is 31.4 Å². The second-order valence-corrected chi connectivity index (χ2v) is 19.1. The smallest absolute Gasteiger partial charge is 0.280 e. The van der Waals surface area contributed by atoms with Crippen LogP contribution in [0.2, 0.25) is 0 Å². The predicted octanol–water partition coefficient (Wildman–Crippen LogP) is 8.01. The number of rotatable bonds is 12. The number of aliphatic hydroxyl groups is 1.